The van der Waals surface area contributed by atoms with Crippen LogP contribution in [0.25, 0.3) is 5.03 Å². The van der Waals surface area contributed by atoms with Gasteiger partial charge >= 0.3 is 5.97 Å². The summed E-state index contributed by atoms with van der Waals surface area (Å²) in [6.07, 6.45) is 2.53. The van der Waals surface area contributed by atoms with Crippen LogP contribution in [0.4, 0.5) is 0 Å². The molecule has 0 aliphatic carbocycles. The van der Waals surface area contributed by atoms with Crippen molar-refractivity contribution >= 4 is 22.6 Å². The summed E-state index contributed by atoms with van der Waals surface area (Å²) in [5.41, 5.74) is 2.56. The van der Waals surface area contributed by atoms with E-state index in [1.165, 1.54) is 6.08 Å². The van der Waals surface area contributed by atoms with Gasteiger partial charge in [0.15, 0.2) is 0 Å². The Kier molecular flexibility index (Phi) is 3.20. The first-order chi connectivity index (χ1) is 8.08. The van der Waals surface area contributed by atoms with Crippen LogP contribution in [0.2, 0.25) is 0 Å². The van der Waals surface area contributed by atoms with Crippen molar-refractivity contribution in [3.8, 4) is 5.75 Å². The Morgan fingerprint density at radius 3 is 3.00 bits per heavy atom. The number of rotatable bonds is 2. The largest absolute Gasteiger partial charge is 0.488 e. The molecule has 1 aromatic rings. The number of halogens is 1. The van der Waals surface area contributed by atoms with Crippen LogP contribution in [0.3, 0.4) is 0 Å². The molecular formula is C13H11ClO3. The highest BCUT2D eigenvalue weighted by atomic mass is 35.5. The van der Waals surface area contributed by atoms with E-state index in [9.17, 15) is 4.79 Å². The van der Waals surface area contributed by atoms with E-state index in [0.717, 1.165) is 23.0 Å². The molecule has 1 aliphatic heterocycles. The van der Waals surface area contributed by atoms with Gasteiger partial charge in [0.05, 0.1) is 5.03 Å². The Morgan fingerprint density at radius 1 is 1.53 bits per heavy atom. The second kappa shape index (κ2) is 4.63. The molecule has 1 N–H and O–H groups in total. The van der Waals surface area contributed by atoms with E-state index in [1.807, 2.05) is 25.1 Å². The highest BCUT2D eigenvalue weighted by Gasteiger charge is 2.17. The topological polar surface area (TPSA) is 46.5 Å². The van der Waals surface area contributed by atoms with Crippen LogP contribution >= 0.6 is 11.6 Å². The van der Waals surface area contributed by atoms with E-state index in [0.29, 0.717) is 17.2 Å². The molecule has 0 atom stereocenters. The summed E-state index contributed by atoms with van der Waals surface area (Å²) in [6.45, 7) is 2.25. The maximum atomic E-state index is 10.5. The van der Waals surface area contributed by atoms with Crippen LogP contribution in [-0.2, 0) is 4.79 Å². The maximum absolute atomic E-state index is 10.5. The average Bonchev–Trinajstić information content (AvgIpc) is 2.29. The van der Waals surface area contributed by atoms with Crippen molar-refractivity contribution in [2.75, 3.05) is 6.61 Å². The number of carboxylic acid groups (broad SMARTS) is 1. The molecule has 0 fully saturated rings. The Hall–Kier alpha value is -1.74. The van der Waals surface area contributed by atoms with Crippen molar-refractivity contribution in [2.45, 2.75) is 6.92 Å². The van der Waals surface area contributed by atoms with Gasteiger partial charge in [0.2, 0.25) is 0 Å². The number of ether oxygens (including phenoxy) is 1. The van der Waals surface area contributed by atoms with Crippen LogP contribution in [0.1, 0.15) is 11.1 Å². The van der Waals surface area contributed by atoms with E-state index in [1.54, 1.807) is 0 Å². The van der Waals surface area contributed by atoms with Crippen molar-refractivity contribution in [2.24, 2.45) is 0 Å². The van der Waals surface area contributed by atoms with Gasteiger partial charge in [-0.25, -0.2) is 4.79 Å². The summed E-state index contributed by atoms with van der Waals surface area (Å²) in [5, 5.41) is 9.13. The Bertz CT molecular complexity index is 529. The highest BCUT2D eigenvalue weighted by Crippen LogP contribution is 2.36. The molecule has 0 amide bonds. The summed E-state index contributed by atoms with van der Waals surface area (Å²) < 4.78 is 5.51. The minimum Gasteiger partial charge on any atom is -0.488 e. The minimum atomic E-state index is -1.00. The smallest absolute Gasteiger partial charge is 0.328 e. The number of benzene rings is 1. The van der Waals surface area contributed by atoms with Crippen LogP contribution in [0.15, 0.2) is 35.9 Å². The zero-order valence-electron chi connectivity index (χ0n) is 9.24. The Labute approximate surface area is 104 Å². The lowest BCUT2D eigenvalue weighted by atomic mass is 10.0. The number of carbonyl (C=O) groups is 1. The Morgan fingerprint density at radius 2 is 2.29 bits per heavy atom. The molecule has 0 bridgehead atoms. The third kappa shape index (κ3) is 2.50. The molecular weight excluding hydrogens is 240 g/mol. The molecule has 0 spiro atoms. The number of hydrogen-bond donors (Lipinski definition) is 1. The van der Waals surface area contributed by atoms with Crippen LogP contribution in [-0.4, -0.2) is 17.7 Å². The lowest BCUT2D eigenvalue weighted by Crippen LogP contribution is -2.08. The van der Waals surface area contributed by atoms with Gasteiger partial charge in [0.1, 0.15) is 12.4 Å². The Balaban J connectivity index is 2.43. The maximum Gasteiger partial charge on any atom is 0.328 e. The molecule has 1 aromatic carbocycles. The minimum absolute atomic E-state index is 0.290. The molecule has 3 nitrogen and oxygen atoms in total. The number of aryl methyl sites for hydroxylation is 1. The molecule has 1 aliphatic rings. The van der Waals surface area contributed by atoms with Gasteiger partial charge in [0.25, 0.3) is 0 Å². The monoisotopic (exact) mass is 250 g/mol. The molecule has 88 valence electrons. The fourth-order valence-corrected chi connectivity index (χ4v) is 1.89. The van der Waals surface area contributed by atoms with Crippen molar-refractivity contribution in [1.29, 1.82) is 0 Å². The molecule has 1 heterocycles. The first-order valence-corrected chi connectivity index (χ1v) is 5.49. The molecule has 2 rings (SSSR count). The lowest BCUT2D eigenvalue weighted by Gasteiger charge is -2.19. The SMILES string of the molecule is Cc1ccc2c(c1)C(Cl)=C(/C=C/C(=O)O)CO2. The van der Waals surface area contributed by atoms with Gasteiger partial charge in [-0.3, -0.25) is 0 Å². The molecule has 4 heteroatoms. The van der Waals surface area contributed by atoms with E-state index in [4.69, 9.17) is 21.4 Å². The zero-order valence-corrected chi connectivity index (χ0v) is 9.99. The van der Waals surface area contributed by atoms with Crippen LogP contribution in [0.5, 0.6) is 5.75 Å². The normalized spacial score (nSPS) is 14.7. The predicted octanol–water partition coefficient (Wildman–Crippen LogP) is 2.98. The summed E-state index contributed by atoms with van der Waals surface area (Å²) in [6, 6.07) is 5.73. The molecule has 0 unspecified atom stereocenters. The van der Waals surface area contributed by atoms with Crippen LogP contribution in [0, 0.1) is 6.92 Å². The van der Waals surface area contributed by atoms with Crippen molar-refractivity contribution in [3.63, 3.8) is 0 Å². The number of hydrogen-bond acceptors (Lipinski definition) is 2. The summed E-state index contributed by atoms with van der Waals surface area (Å²) >= 11 is 6.22. The lowest BCUT2D eigenvalue weighted by molar-refractivity contribution is -0.131. The van der Waals surface area contributed by atoms with Gasteiger partial charge < -0.3 is 9.84 Å². The molecule has 17 heavy (non-hydrogen) atoms. The van der Waals surface area contributed by atoms with Crippen molar-refractivity contribution in [1.82, 2.24) is 0 Å². The third-order valence-electron chi connectivity index (χ3n) is 2.46. The second-order valence-electron chi connectivity index (χ2n) is 3.80. The van der Waals surface area contributed by atoms with Gasteiger partial charge in [-0.15, -0.1) is 0 Å². The van der Waals surface area contributed by atoms with E-state index < -0.39 is 5.97 Å². The molecule has 0 aromatic heterocycles. The summed E-state index contributed by atoms with van der Waals surface area (Å²) in [4.78, 5) is 10.5. The molecule has 0 saturated heterocycles. The number of aliphatic carboxylic acids is 1. The second-order valence-corrected chi connectivity index (χ2v) is 4.18. The highest BCUT2D eigenvalue weighted by molar-refractivity contribution is 6.50. The van der Waals surface area contributed by atoms with Gasteiger partial charge in [0, 0.05) is 17.2 Å². The van der Waals surface area contributed by atoms with E-state index in [2.05, 4.69) is 0 Å². The predicted molar refractivity (Wildman–Crippen MR) is 66.2 cm³/mol. The van der Waals surface area contributed by atoms with Gasteiger partial charge in [-0.05, 0) is 25.1 Å². The third-order valence-corrected chi connectivity index (χ3v) is 2.91. The zero-order chi connectivity index (χ0) is 12.4. The summed E-state index contributed by atoms with van der Waals surface area (Å²) in [5.74, 6) is -0.273. The van der Waals surface area contributed by atoms with E-state index >= 15 is 0 Å². The standard InChI is InChI=1S/C13H11ClO3/c1-8-2-4-11-10(6-8)13(14)9(7-17-11)3-5-12(15)16/h2-6H,7H2,1H3,(H,15,16)/b5-3+. The number of fused-ring (bicyclic) bond motifs is 1. The quantitative estimate of drug-likeness (QED) is 0.821. The first-order valence-electron chi connectivity index (χ1n) is 5.11. The fraction of sp³-hybridized carbons (Fsp3) is 0.154. The molecule has 0 radical (unpaired) electrons. The van der Waals surface area contributed by atoms with E-state index in [-0.39, 0.29) is 0 Å². The van der Waals surface area contributed by atoms with Crippen molar-refractivity contribution in [3.05, 3.63) is 47.1 Å². The number of carboxylic acids is 1. The first kappa shape index (κ1) is 11.7. The fourth-order valence-electron chi connectivity index (χ4n) is 1.63. The van der Waals surface area contributed by atoms with Crippen molar-refractivity contribution < 1.29 is 14.6 Å². The average molecular weight is 251 g/mol. The summed E-state index contributed by atoms with van der Waals surface area (Å²) in [7, 11) is 0. The molecule has 0 saturated carbocycles. The van der Waals surface area contributed by atoms with Gasteiger partial charge in [-0.1, -0.05) is 23.2 Å². The van der Waals surface area contributed by atoms with Gasteiger partial charge in [-0.2, -0.15) is 0 Å². The van der Waals surface area contributed by atoms with Crippen LogP contribution < -0.4 is 4.74 Å².